The van der Waals surface area contributed by atoms with Crippen LogP contribution in [0.25, 0.3) is 0 Å². The van der Waals surface area contributed by atoms with Crippen molar-refractivity contribution >= 4 is 13.2 Å². The van der Waals surface area contributed by atoms with Gasteiger partial charge in [0, 0.05) is 0 Å². The van der Waals surface area contributed by atoms with Crippen LogP contribution in [0.1, 0.15) is 26.7 Å². The van der Waals surface area contributed by atoms with Gasteiger partial charge in [0.25, 0.3) is 0 Å². The van der Waals surface area contributed by atoms with Crippen LogP contribution in [0.3, 0.4) is 0 Å². The Morgan fingerprint density at radius 1 is 1.00 bits per heavy atom. The van der Waals surface area contributed by atoms with E-state index < -0.39 is 0 Å². The highest BCUT2D eigenvalue weighted by atomic mass is 31.1. The zero-order valence-corrected chi connectivity index (χ0v) is 10.1. The summed E-state index contributed by atoms with van der Waals surface area (Å²) in [4.78, 5) is 0. The fraction of sp³-hybridized carbons (Fsp3) is 0.538. The summed E-state index contributed by atoms with van der Waals surface area (Å²) < 4.78 is 0. The van der Waals surface area contributed by atoms with E-state index in [1.165, 1.54) is 25.2 Å². The molecule has 1 aromatic rings. The van der Waals surface area contributed by atoms with E-state index in [1.807, 2.05) is 0 Å². The Kier molecular flexibility index (Phi) is 2.93. The van der Waals surface area contributed by atoms with Crippen LogP contribution in [-0.4, -0.2) is 12.3 Å². The summed E-state index contributed by atoms with van der Waals surface area (Å²) in [7, 11) is 0.175. The third-order valence-electron chi connectivity index (χ3n) is 3.24. The van der Waals surface area contributed by atoms with Crippen molar-refractivity contribution in [2.45, 2.75) is 26.7 Å². The fourth-order valence-electron chi connectivity index (χ4n) is 2.01. The molecule has 1 fully saturated rings. The van der Waals surface area contributed by atoms with Gasteiger partial charge in [-0.05, 0) is 35.9 Å². The second-order valence-electron chi connectivity index (χ2n) is 4.99. The van der Waals surface area contributed by atoms with Gasteiger partial charge in [-0.1, -0.05) is 52.1 Å². The maximum Gasteiger partial charge on any atom is -0.0240 e. The van der Waals surface area contributed by atoms with E-state index in [2.05, 4.69) is 44.2 Å². The Balaban J connectivity index is 2.03. The molecule has 0 amide bonds. The molecule has 0 atom stereocenters. The van der Waals surface area contributed by atoms with Crippen molar-refractivity contribution in [3.63, 3.8) is 0 Å². The second-order valence-corrected chi connectivity index (χ2v) is 7.48. The van der Waals surface area contributed by atoms with E-state index in [-0.39, 0.29) is 7.92 Å². The molecular formula is C13H19P. The van der Waals surface area contributed by atoms with E-state index in [9.17, 15) is 0 Å². The van der Waals surface area contributed by atoms with Crippen LogP contribution in [0.5, 0.6) is 0 Å². The van der Waals surface area contributed by atoms with Crippen LogP contribution < -0.4 is 5.30 Å². The molecule has 0 bridgehead atoms. The average molecular weight is 206 g/mol. The van der Waals surface area contributed by atoms with Gasteiger partial charge in [-0.2, -0.15) is 0 Å². The molecule has 76 valence electrons. The number of hydrogen-bond acceptors (Lipinski definition) is 0. The zero-order valence-electron chi connectivity index (χ0n) is 9.16. The molecule has 0 N–H and O–H groups in total. The van der Waals surface area contributed by atoms with Gasteiger partial charge in [-0.3, -0.25) is 0 Å². The van der Waals surface area contributed by atoms with Crippen molar-refractivity contribution in [2.24, 2.45) is 5.41 Å². The number of rotatable bonds is 1. The first-order chi connectivity index (χ1) is 6.67. The molecule has 1 aliphatic heterocycles. The Morgan fingerprint density at radius 3 is 2.14 bits per heavy atom. The summed E-state index contributed by atoms with van der Waals surface area (Å²) in [5, 5.41) is 1.61. The topological polar surface area (TPSA) is 0 Å². The zero-order chi connectivity index (χ0) is 10.0. The lowest BCUT2D eigenvalue weighted by atomic mass is 9.87. The third kappa shape index (κ3) is 2.36. The second kappa shape index (κ2) is 4.03. The lowest BCUT2D eigenvalue weighted by molar-refractivity contribution is 0.333. The van der Waals surface area contributed by atoms with Crippen LogP contribution >= 0.6 is 7.92 Å². The van der Waals surface area contributed by atoms with Crippen molar-refractivity contribution in [3.8, 4) is 0 Å². The first-order valence-electron chi connectivity index (χ1n) is 5.47. The Hall–Kier alpha value is -0.350. The van der Waals surface area contributed by atoms with Gasteiger partial charge >= 0.3 is 0 Å². The van der Waals surface area contributed by atoms with Crippen LogP contribution in [0.2, 0.25) is 0 Å². The quantitative estimate of drug-likeness (QED) is 0.616. The molecule has 1 saturated heterocycles. The summed E-state index contributed by atoms with van der Waals surface area (Å²) in [6, 6.07) is 11.1. The van der Waals surface area contributed by atoms with Crippen molar-refractivity contribution in [2.75, 3.05) is 12.3 Å². The summed E-state index contributed by atoms with van der Waals surface area (Å²) in [5.41, 5.74) is 0.605. The van der Waals surface area contributed by atoms with Crippen LogP contribution in [-0.2, 0) is 0 Å². The molecule has 1 aliphatic rings. The molecule has 1 heterocycles. The standard InChI is InChI=1S/C13H19P/c1-13(2)8-10-14(11-9-13)12-6-4-3-5-7-12/h3-7H,8-11H2,1-2H3. The van der Waals surface area contributed by atoms with Gasteiger partial charge in [0.2, 0.25) is 0 Å². The first kappa shape index (κ1) is 10.2. The average Bonchev–Trinajstić information content (AvgIpc) is 2.19. The molecule has 14 heavy (non-hydrogen) atoms. The van der Waals surface area contributed by atoms with Gasteiger partial charge in [0.15, 0.2) is 0 Å². The highest BCUT2D eigenvalue weighted by molar-refractivity contribution is 7.65. The summed E-state index contributed by atoms with van der Waals surface area (Å²) >= 11 is 0. The van der Waals surface area contributed by atoms with Crippen LogP contribution in [0.4, 0.5) is 0 Å². The van der Waals surface area contributed by atoms with Gasteiger partial charge in [-0.15, -0.1) is 0 Å². The van der Waals surface area contributed by atoms with E-state index in [0.717, 1.165) is 0 Å². The van der Waals surface area contributed by atoms with Crippen LogP contribution in [0, 0.1) is 5.41 Å². The predicted octanol–water partition coefficient (Wildman–Crippen LogP) is 3.61. The first-order valence-corrected chi connectivity index (χ1v) is 7.19. The lowest BCUT2D eigenvalue weighted by Crippen LogP contribution is -2.23. The van der Waals surface area contributed by atoms with E-state index in [4.69, 9.17) is 0 Å². The maximum atomic E-state index is 2.41. The Bertz CT molecular complexity index is 279. The van der Waals surface area contributed by atoms with Crippen molar-refractivity contribution < 1.29 is 0 Å². The largest absolute Gasteiger partial charge is 0.0753 e. The third-order valence-corrected chi connectivity index (χ3v) is 5.79. The monoisotopic (exact) mass is 206 g/mol. The van der Waals surface area contributed by atoms with Gasteiger partial charge in [-0.25, -0.2) is 0 Å². The van der Waals surface area contributed by atoms with Gasteiger partial charge < -0.3 is 0 Å². The van der Waals surface area contributed by atoms with Crippen LogP contribution in [0.15, 0.2) is 30.3 Å². The minimum absolute atomic E-state index is 0.175. The molecular weight excluding hydrogens is 187 g/mol. The Morgan fingerprint density at radius 2 is 1.57 bits per heavy atom. The maximum absolute atomic E-state index is 2.41. The van der Waals surface area contributed by atoms with Crippen molar-refractivity contribution in [3.05, 3.63) is 30.3 Å². The normalized spacial score (nSPS) is 22.1. The minimum atomic E-state index is 0.175. The minimum Gasteiger partial charge on any atom is -0.0753 e. The molecule has 0 aliphatic carbocycles. The van der Waals surface area contributed by atoms with E-state index in [1.54, 1.807) is 5.30 Å². The van der Waals surface area contributed by atoms with Gasteiger partial charge in [0.05, 0.1) is 0 Å². The van der Waals surface area contributed by atoms with Crippen molar-refractivity contribution in [1.29, 1.82) is 0 Å². The SMILES string of the molecule is CC1(C)CCP(c2ccccc2)CC1. The van der Waals surface area contributed by atoms with E-state index in [0.29, 0.717) is 5.41 Å². The highest BCUT2D eigenvalue weighted by Gasteiger charge is 2.26. The Labute approximate surface area is 88.5 Å². The summed E-state index contributed by atoms with van der Waals surface area (Å²) in [6.07, 6.45) is 5.69. The highest BCUT2D eigenvalue weighted by Crippen LogP contribution is 2.47. The van der Waals surface area contributed by atoms with E-state index >= 15 is 0 Å². The smallest absolute Gasteiger partial charge is 0.0240 e. The van der Waals surface area contributed by atoms with Crippen molar-refractivity contribution in [1.82, 2.24) is 0 Å². The molecule has 0 nitrogen and oxygen atoms in total. The molecule has 0 unspecified atom stereocenters. The summed E-state index contributed by atoms with van der Waals surface area (Å²) in [6.45, 7) is 4.81. The molecule has 1 aromatic carbocycles. The van der Waals surface area contributed by atoms with Gasteiger partial charge in [0.1, 0.15) is 0 Å². The predicted molar refractivity (Wildman–Crippen MR) is 65.7 cm³/mol. The molecule has 2 rings (SSSR count). The fourth-order valence-corrected chi connectivity index (χ4v) is 5.09. The number of hydrogen-bond donors (Lipinski definition) is 0. The number of benzene rings is 1. The molecule has 0 saturated carbocycles. The summed E-state index contributed by atoms with van der Waals surface area (Å²) in [5.74, 6) is 0. The lowest BCUT2D eigenvalue weighted by Gasteiger charge is -2.34. The molecule has 0 radical (unpaired) electrons. The molecule has 0 spiro atoms. The molecule has 0 aromatic heterocycles. The molecule has 1 heteroatoms.